The molecule has 1 aliphatic heterocycles. The van der Waals surface area contributed by atoms with E-state index in [1.165, 1.54) is 47.8 Å². The lowest BCUT2D eigenvalue weighted by atomic mass is 9.99. The first kappa shape index (κ1) is 30.7. The van der Waals surface area contributed by atoms with Crippen LogP contribution in [-0.4, -0.2) is 49.4 Å². The lowest BCUT2D eigenvalue weighted by Gasteiger charge is -2.08. The van der Waals surface area contributed by atoms with Crippen LogP contribution in [0.2, 0.25) is 0 Å². The second-order valence-electron chi connectivity index (χ2n) is 8.76. The van der Waals surface area contributed by atoms with Crippen LogP contribution in [0, 0.1) is 0 Å². The zero-order valence-electron chi connectivity index (χ0n) is 22.6. The highest BCUT2D eigenvalue weighted by atomic mass is 14.9. The van der Waals surface area contributed by atoms with Crippen molar-refractivity contribution in [2.45, 2.75) is 47.5 Å². The summed E-state index contributed by atoms with van der Waals surface area (Å²) in [7, 11) is 0. The van der Waals surface area contributed by atoms with Crippen LogP contribution in [0.5, 0.6) is 0 Å². The van der Waals surface area contributed by atoms with Gasteiger partial charge in [0.25, 0.3) is 0 Å². The molecule has 204 valence electrons. The summed E-state index contributed by atoms with van der Waals surface area (Å²) in [6, 6.07) is 19.2. The van der Waals surface area contributed by atoms with Crippen molar-refractivity contribution in [2.24, 2.45) is 4.99 Å². The third-order valence-corrected chi connectivity index (χ3v) is 6.13. The van der Waals surface area contributed by atoms with Crippen LogP contribution in [0.15, 0.2) is 72.1 Å². The van der Waals surface area contributed by atoms with E-state index in [0.29, 0.717) is 0 Å². The van der Waals surface area contributed by atoms with E-state index in [2.05, 4.69) is 93.1 Å². The van der Waals surface area contributed by atoms with Crippen LogP contribution in [0.4, 0.5) is 0 Å². The van der Waals surface area contributed by atoms with E-state index in [0.717, 1.165) is 48.3 Å². The summed E-state index contributed by atoms with van der Waals surface area (Å²) in [5.74, 6) is 0. The summed E-state index contributed by atoms with van der Waals surface area (Å²) >= 11 is 0. The van der Waals surface area contributed by atoms with Gasteiger partial charge in [0.1, 0.15) is 0 Å². The number of H-pyrrole nitrogens is 1. The van der Waals surface area contributed by atoms with Crippen LogP contribution in [0.3, 0.4) is 0 Å². The third kappa shape index (κ3) is 8.82. The largest absolute Gasteiger partial charge is 0.388 e. The summed E-state index contributed by atoms with van der Waals surface area (Å²) < 4.78 is 0. The molecule has 5 rings (SSSR count). The monoisotopic (exact) mass is 514 g/mol. The van der Waals surface area contributed by atoms with E-state index in [1.54, 1.807) is 6.33 Å². The molecule has 0 atom stereocenters. The van der Waals surface area contributed by atoms with Crippen molar-refractivity contribution in [3.8, 4) is 11.1 Å². The fourth-order valence-electron chi connectivity index (χ4n) is 4.18. The lowest BCUT2D eigenvalue weighted by Crippen LogP contribution is -2.25. The zero-order chi connectivity index (χ0) is 26.3. The van der Waals surface area contributed by atoms with E-state index < -0.39 is 0 Å². The molecule has 0 spiro atoms. The van der Waals surface area contributed by atoms with Crippen molar-refractivity contribution in [2.75, 3.05) is 32.7 Å². The van der Waals surface area contributed by atoms with Crippen LogP contribution >= 0.6 is 0 Å². The third-order valence-electron chi connectivity index (χ3n) is 6.13. The number of aliphatic imine (C=N–C) groups is 1. The Morgan fingerprint density at radius 2 is 1.66 bits per heavy atom. The Kier molecular flexibility index (Phi) is 13.8. The van der Waals surface area contributed by atoms with Crippen LogP contribution < -0.4 is 16.0 Å². The summed E-state index contributed by atoms with van der Waals surface area (Å²) in [5.41, 5.74) is 6.29. The molecular formula is C32H46N6. The normalized spacial score (nSPS) is 12.7. The summed E-state index contributed by atoms with van der Waals surface area (Å²) in [4.78, 5) is 11.7. The Balaban J connectivity index is 0.000000560. The fourth-order valence-corrected chi connectivity index (χ4v) is 4.18. The molecule has 0 bridgehead atoms. The summed E-state index contributed by atoms with van der Waals surface area (Å²) in [6.45, 7) is 15.2. The number of hydrogen-bond acceptors (Lipinski definition) is 5. The van der Waals surface area contributed by atoms with E-state index in [4.69, 9.17) is 0 Å². The van der Waals surface area contributed by atoms with E-state index in [-0.39, 0.29) is 7.43 Å². The van der Waals surface area contributed by atoms with Crippen LogP contribution in [-0.2, 0) is 0 Å². The topological polar surface area (TPSA) is 77.1 Å². The minimum atomic E-state index is 0. The Labute approximate surface area is 229 Å². The van der Waals surface area contributed by atoms with Gasteiger partial charge in [-0.2, -0.15) is 0 Å². The molecule has 0 aliphatic carbocycles. The van der Waals surface area contributed by atoms with Crippen molar-refractivity contribution in [3.05, 3.63) is 72.7 Å². The van der Waals surface area contributed by atoms with Crippen molar-refractivity contribution in [1.82, 2.24) is 25.9 Å². The number of imidazole rings is 1. The molecule has 2 heterocycles. The molecule has 1 aromatic heterocycles. The molecule has 0 amide bonds. The number of rotatable bonds is 9. The molecule has 1 aliphatic rings. The number of benzene rings is 3. The first-order valence-electron chi connectivity index (χ1n) is 13.6. The van der Waals surface area contributed by atoms with Crippen molar-refractivity contribution in [1.29, 1.82) is 0 Å². The number of aromatic amines is 1. The highest BCUT2D eigenvalue weighted by Gasteiger charge is 2.05. The van der Waals surface area contributed by atoms with Gasteiger partial charge in [-0.1, -0.05) is 58.5 Å². The van der Waals surface area contributed by atoms with Crippen LogP contribution in [0.25, 0.3) is 38.6 Å². The average molecular weight is 515 g/mol. The Bertz CT molecular complexity index is 1260. The molecule has 3 aromatic carbocycles. The van der Waals surface area contributed by atoms with Crippen molar-refractivity contribution >= 4 is 34.2 Å². The standard InChI is InChI=1S/C25H27N5.C4H9N.C2H6.CH4/c1-3-10-27-11-12-28-16-25(26-2)22-7-6-18-13-19(4-5-20(18)14-22)21-8-9-23-24(15-21)30-17-29-23;1-2-4-5-3-1;1-2;/h4-9,13-17,27-28H,2-3,10-12H2,1H3,(H,29,30);5H,1-4H2;1-2H3;1H4/b25-16-;;;. The van der Waals surface area contributed by atoms with E-state index in [9.17, 15) is 0 Å². The van der Waals surface area contributed by atoms with Gasteiger partial charge in [-0.15, -0.1) is 0 Å². The summed E-state index contributed by atoms with van der Waals surface area (Å²) in [5, 5.41) is 12.3. The molecule has 4 N–H and O–H groups in total. The van der Waals surface area contributed by atoms with Gasteiger partial charge in [0.2, 0.25) is 0 Å². The van der Waals surface area contributed by atoms with Crippen molar-refractivity contribution in [3.63, 3.8) is 0 Å². The molecule has 6 heteroatoms. The Hall–Kier alpha value is -3.48. The highest BCUT2D eigenvalue weighted by Crippen LogP contribution is 2.28. The second kappa shape index (κ2) is 17.1. The van der Waals surface area contributed by atoms with Gasteiger partial charge >= 0.3 is 0 Å². The van der Waals surface area contributed by atoms with Gasteiger partial charge in [-0.3, -0.25) is 4.99 Å². The summed E-state index contributed by atoms with van der Waals surface area (Å²) in [6.07, 6.45) is 7.59. The van der Waals surface area contributed by atoms with Gasteiger partial charge in [-0.25, -0.2) is 4.98 Å². The molecule has 4 aromatic rings. The second-order valence-corrected chi connectivity index (χ2v) is 8.76. The van der Waals surface area contributed by atoms with E-state index in [1.807, 2.05) is 26.1 Å². The number of nitrogens with zero attached hydrogens (tertiary/aromatic N) is 2. The molecule has 6 nitrogen and oxygen atoms in total. The molecule has 0 saturated carbocycles. The number of aromatic nitrogens is 2. The molecule has 38 heavy (non-hydrogen) atoms. The quantitative estimate of drug-likeness (QED) is 0.143. The van der Waals surface area contributed by atoms with Crippen molar-refractivity contribution < 1.29 is 0 Å². The Morgan fingerprint density at radius 3 is 2.37 bits per heavy atom. The number of hydrogen-bond donors (Lipinski definition) is 4. The van der Waals surface area contributed by atoms with E-state index >= 15 is 0 Å². The Morgan fingerprint density at radius 1 is 0.947 bits per heavy atom. The first-order valence-corrected chi connectivity index (χ1v) is 13.6. The van der Waals surface area contributed by atoms with Gasteiger partial charge in [0.15, 0.2) is 0 Å². The predicted octanol–water partition coefficient (Wildman–Crippen LogP) is 7.00. The maximum absolute atomic E-state index is 4.29. The lowest BCUT2D eigenvalue weighted by molar-refractivity contribution is 0.652. The smallest absolute Gasteiger partial charge is 0.0931 e. The number of nitrogens with one attached hydrogen (secondary N) is 4. The maximum Gasteiger partial charge on any atom is 0.0931 e. The molecule has 1 fully saturated rings. The maximum atomic E-state index is 4.29. The molecule has 1 saturated heterocycles. The minimum absolute atomic E-state index is 0. The fraction of sp³-hybridized carbons (Fsp3) is 0.375. The predicted molar refractivity (Wildman–Crippen MR) is 168 cm³/mol. The molecular weight excluding hydrogens is 468 g/mol. The first-order chi connectivity index (χ1) is 18.3. The van der Waals surface area contributed by atoms with Crippen LogP contribution in [0.1, 0.15) is 53.0 Å². The number of fused-ring (bicyclic) bond motifs is 2. The minimum Gasteiger partial charge on any atom is -0.388 e. The van der Waals surface area contributed by atoms with Gasteiger partial charge < -0.3 is 20.9 Å². The van der Waals surface area contributed by atoms with Gasteiger partial charge in [0, 0.05) is 24.9 Å². The molecule has 0 unspecified atom stereocenters. The molecule has 0 radical (unpaired) electrons. The highest BCUT2D eigenvalue weighted by molar-refractivity contribution is 5.91. The SMILES string of the molecule is C.C1CCNC1.C=N/C(=C\NCCNCCC)c1ccc2cc(-c3ccc4nc[nH]c4c3)ccc2c1.CC. The van der Waals surface area contributed by atoms with Gasteiger partial charge in [-0.05, 0) is 91.8 Å². The van der Waals surface area contributed by atoms with Gasteiger partial charge in [0.05, 0.1) is 23.1 Å². The zero-order valence-corrected chi connectivity index (χ0v) is 22.6. The average Bonchev–Trinajstić information content (AvgIpc) is 3.69.